The Bertz CT molecular complexity index is 682. The molecule has 118 valence electrons. The van der Waals surface area contributed by atoms with Crippen molar-refractivity contribution in [3.63, 3.8) is 0 Å². The number of amides is 1. The number of hydrogen-bond acceptors (Lipinski definition) is 3. The third kappa shape index (κ3) is 3.67. The Kier molecular flexibility index (Phi) is 5.21. The van der Waals surface area contributed by atoms with Crippen LogP contribution in [0, 0.1) is 13.8 Å². The van der Waals surface area contributed by atoms with Gasteiger partial charge in [-0.2, -0.15) is 5.10 Å². The number of aliphatic hydroxyl groups is 1. The van der Waals surface area contributed by atoms with Crippen LogP contribution in [0.4, 0.5) is 0 Å². The second-order valence-corrected chi connectivity index (χ2v) is 5.72. The zero-order valence-electron chi connectivity index (χ0n) is 12.9. The van der Waals surface area contributed by atoms with Gasteiger partial charge in [-0.15, -0.1) is 0 Å². The van der Waals surface area contributed by atoms with E-state index in [4.69, 9.17) is 11.6 Å². The SMILES string of the molecule is Cc1nn(C)c(C)c1C(=O)NCCC(O)c1cccc(Cl)c1. The highest BCUT2D eigenvalue weighted by Crippen LogP contribution is 2.20. The standard InChI is InChI=1S/C16H20ClN3O2/c1-10-15(11(2)20(3)19-10)16(22)18-8-7-14(21)12-5-4-6-13(17)9-12/h4-6,9,14,21H,7-8H2,1-3H3,(H,18,22). The van der Waals surface area contributed by atoms with Gasteiger partial charge in [-0.05, 0) is 38.0 Å². The molecule has 0 bridgehead atoms. The zero-order valence-corrected chi connectivity index (χ0v) is 13.7. The van der Waals surface area contributed by atoms with Crippen molar-refractivity contribution in [1.29, 1.82) is 0 Å². The topological polar surface area (TPSA) is 67.2 Å². The molecule has 2 rings (SSSR count). The largest absolute Gasteiger partial charge is 0.388 e. The fourth-order valence-corrected chi connectivity index (χ4v) is 2.59. The van der Waals surface area contributed by atoms with E-state index in [2.05, 4.69) is 10.4 Å². The van der Waals surface area contributed by atoms with E-state index in [1.807, 2.05) is 27.0 Å². The average Bonchev–Trinajstić information content (AvgIpc) is 2.72. The molecule has 0 aliphatic rings. The number of hydrogen-bond donors (Lipinski definition) is 2. The van der Waals surface area contributed by atoms with Crippen LogP contribution in [0.15, 0.2) is 24.3 Å². The van der Waals surface area contributed by atoms with Gasteiger partial charge in [0.2, 0.25) is 0 Å². The molecule has 0 saturated heterocycles. The Labute approximate surface area is 134 Å². The minimum atomic E-state index is -0.657. The summed E-state index contributed by atoms with van der Waals surface area (Å²) in [6.07, 6.45) is -0.236. The molecule has 0 fully saturated rings. The van der Waals surface area contributed by atoms with Crippen LogP contribution >= 0.6 is 11.6 Å². The molecular formula is C16H20ClN3O2. The first kappa shape index (κ1) is 16.5. The van der Waals surface area contributed by atoms with Gasteiger partial charge < -0.3 is 10.4 Å². The van der Waals surface area contributed by atoms with Gasteiger partial charge >= 0.3 is 0 Å². The second kappa shape index (κ2) is 6.94. The number of nitrogens with one attached hydrogen (secondary N) is 1. The molecule has 1 aromatic heterocycles. The lowest BCUT2D eigenvalue weighted by atomic mass is 10.1. The maximum absolute atomic E-state index is 12.2. The molecule has 0 aliphatic carbocycles. The van der Waals surface area contributed by atoms with Crippen LogP contribution in [0.1, 0.15) is 39.8 Å². The molecule has 2 N–H and O–H groups in total. The highest BCUT2D eigenvalue weighted by atomic mass is 35.5. The Hall–Kier alpha value is -1.85. The van der Waals surface area contributed by atoms with Crippen molar-refractivity contribution in [3.05, 3.63) is 51.8 Å². The number of benzene rings is 1. The minimum absolute atomic E-state index is 0.165. The zero-order chi connectivity index (χ0) is 16.3. The summed E-state index contributed by atoms with van der Waals surface area (Å²) in [6.45, 7) is 4.04. The first-order valence-corrected chi connectivity index (χ1v) is 7.50. The number of aryl methyl sites for hydroxylation is 2. The molecule has 0 spiro atoms. The minimum Gasteiger partial charge on any atom is -0.388 e. The van der Waals surface area contributed by atoms with Gasteiger partial charge in [0.25, 0.3) is 5.91 Å². The van der Waals surface area contributed by atoms with Gasteiger partial charge in [-0.1, -0.05) is 23.7 Å². The highest BCUT2D eigenvalue weighted by molar-refractivity contribution is 6.30. The Balaban J connectivity index is 1.92. The van der Waals surface area contributed by atoms with Gasteiger partial charge in [0, 0.05) is 24.3 Å². The maximum Gasteiger partial charge on any atom is 0.255 e. The number of aromatic nitrogens is 2. The second-order valence-electron chi connectivity index (χ2n) is 5.28. The summed E-state index contributed by atoms with van der Waals surface area (Å²) in [5.41, 5.74) is 2.87. The maximum atomic E-state index is 12.2. The predicted octanol–water partition coefficient (Wildman–Crippen LogP) is 2.54. The number of rotatable bonds is 5. The third-order valence-electron chi connectivity index (χ3n) is 3.67. The monoisotopic (exact) mass is 321 g/mol. The fraction of sp³-hybridized carbons (Fsp3) is 0.375. The van der Waals surface area contributed by atoms with E-state index >= 15 is 0 Å². The molecule has 22 heavy (non-hydrogen) atoms. The number of nitrogens with zero attached hydrogens (tertiary/aromatic N) is 2. The molecule has 0 aliphatic heterocycles. The van der Waals surface area contributed by atoms with Crippen molar-refractivity contribution in [1.82, 2.24) is 15.1 Å². The molecule has 0 radical (unpaired) electrons. The Morgan fingerprint density at radius 1 is 1.45 bits per heavy atom. The Morgan fingerprint density at radius 2 is 2.18 bits per heavy atom. The fourth-order valence-electron chi connectivity index (χ4n) is 2.39. The van der Waals surface area contributed by atoms with E-state index in [1.54, 1.807) is 22.9 Å². The van der Waals surface area contributed by atoms with Crippen LogP contribution in [-0.2, 0) is 7.05 Å². The quantitative estimate of drug-likeness (QED) is 0.889. The predicted molar refractivity (Wildman–Crippen MR) is 86.0 cm³/mol. The molecule has 1 unspecified atom stereocenters. The van der Waals surface area contributed by atoms with Crippen molar-refractivity contribution < 1.29 is 9.90 Å². The summed E-state index contributed by atoms with van der Waals surface area (Å²) >= 11 is 5.90. The van der Waals surface area contributed by atoms with Crippen molar-refractivity contribution in [2.24, 2.45) is 7.05 Å². The van der Waals surface area contributed by atoms with Crippen LogP contribution in [0.2, 0.25) is 5.02 Å². The van der Waals surface area contributed by atoms with Gasteiger partial charge in [0.1, 0.15) is 0 Å². The summed E-state index contributed by atoms with van der Waals surface area (Å²) in [6, 6.07) is 7.09. The van der Waals surface area contributed by atoms with Gasteiger partial charge in [-0.3, -0.25) is 9.48 Å². The molecular weight excluding hydrogens is 302 g/mol. The van der Waals surface area contributed by atoms with Gasteiger partial charge in [0.05, 0.1) is 17.4 Å². The lowest BCUT2D eigenvalue weighted by Crippen LogP contribution is -2.26. The van der Waals surface area contributed by atoms with Crippen LogP contribution in [-0.4, -0.2) is 27.3 Å². The van der Waals surface area contributed by atoms with Crippen molar-refractivity contribution in [2.45, 2.75) is 26.4 Å². The summed E-state index contributed by atoms with van der Waals surface area (Å²) in [5, 5.41) is 17.7. The summed E-state index contributed by atoms with van der Waals surface area (Å²) in [5.74, 6) is -0.165. The van der Waals surface area contributed by atoms with Crippen molar-refractivity contribution in [2.75, 3.05) is 6.54 Å². The number of carbonyl (C=O) groups is 1. The molecule has 6 heteroatoms. The smallest absolute Gasteiger partial charge is 0.255 e. The third-order valence-corrected chi connectivity index (χ3v) is 3.91. The van der Waals surface area contributed by atoms with E-state index in [9.17, 15) is 9.90 Å². The van der Waals surface area contributed by atoms with Crippen LogP contribution in [0.5, 0.6) is 0 Å². The number of carbonyl (C=O) groups excluding carboxylic acids is 1. The van der Waals surface area contributed by atoms with E-state index in [0.717, 1.165) is 11.3 Å². The first-order chi connectivity index (χ1) is 10.4. The van der Waals surface area contributed by atoms with Gasteiger partial charge in [-0.25, -0.2) is 0 Å². The normalized spacial score (nSPS) is 12.2. The summed E-state index contributed by atoms with van der Waals surface area (Å²) < 4.78 is 1.69. The van der Waals surface area contributed by atoms with Gasteiger partial charge in [0.15, 0.2) is 0 Å². The summed E-state index contributed by atoms with van der Waals surface area (Å²) in [7, 11) is 1.81. The highest BCUT2D eigenvalue weighted by Gasteiger charge is 2.17. The van der Waals surface area contributed by atoms with Crippen molar-refractivity contribution in [3.8, 4) is 0 Å². The molecule has 0 saturated carbocycles. The molecule has 5 nitrogen and oxygen atoms in total. The lowest BCUT2D eigenvalue weighted by molar-refractivity contribution is 0.0941. The average molecular weight is 322 g/mol. The number of aliphatic hydroxyl groups excluding tert-OH is 1. The van der Waals surface area contributed by atoms with E-state index in [0.29, 0.717) is 29.2 Å². The molecule has 1 atom stereocenters. The molecule has 2 aromatic rings. The molecule has 1 aromatic carbocycles. The van der Waals surface area contributed by atoms with Crippen LogP contribution in [0.3, 0.4) is 0 Å². The van der Waals surface area contributed by atoms with Crippen molar-refractivity contribution >= 4 is 17.5 Å². The van der Waals surface area contributed by atoms with E-state index in [1.165, 1.54) is 0 Å². The van der Waals surface area contributed by atoms with E-state index < -0.39 is 6.10 Å². The molecule has 1 amide bonds. The molecule has 1 heterocycles. The van der Waals surface area contributed by atoms with Crippen LogP contribution < -0.4 is 5.32 Å². The van der Waals surface area contributed by atoms with Crippen LogP contribution in [0.25, 0.3) is 0 Å². The lowest BCUT2D eigenvalue weighted by Gasteiger charge is -2.12. The Morgan fingerprint density at radius 3 is 2.77 bits per heavy atom. The summed E-state index contributed by atoms with van der Waals surface area (Å²) in [4.78, 5) is 12.2. The first-order valence-electron chi connectivity index (χ1n) is 7.12. The van der Waals surface area contributed by atoms with E-state index in [-0.39, 0.29) is 5.91 Å². The number of halogens is 1.